The summed E-state index contributed by atoms with van der Waals surface area (Å²) in [6, 6.07) is 12.6. The number of rotatable bonds is 8. The number of ether oxygens (including phenoxy) is 4. The summed E-state index contributed by atoms with van der Waals surface area (Å²) in [6.45, 7) is 9.06. The van der Waals surface area contributed by atoms with Gasteiger partial charge in [-0.3, -0.25) is 0 Å². The fourth-order valence-electron chi connectivity index (χ4n) is 3.92. The van der Waals surface area contributed by atoms with Crippen LogP contribution in [0.25, 0.3) is 11.0 Å². The highest BCUT2D eigenvalue weighted by atomic mass is 28.3. The number of esters is 1. The molecule has 1 aromatic carbocycles. The lowest BCUT2D eigenvalue weighted by Gasteiger charge is -2.27. The minimum absolute atomic E-state index is 0.203. The molecule has 3 aromatic rings. The molecule has 0 aliphatic carbocycles. The average molecular weight is 484 g/mol. The van der Waals surface area contributed by atoms with Crippen molar-refractivity contribution in [3.05, 3.63) is 48.2 Å². The molecule has 0 N–H and O–H groups in total. The normalized spacial score (nSPS) is 16.1. The van der Waals surface area contributed by atoms with E-state index in [1.165, 1.54) is 7.11 Å². The van der Waals surface area contributed by atoms with E-state index in [-0.39, 0.29) is 6.10 Å². The monoisotopic (exact) mass is 483 g/mol. The van der Waals surface area contributed by atoms with Crippen molar-refractivity contribution in [1.82, 2.24) is 9.55 Å². The molecule has 0 saturated heterocycles. The Morgan fingerprint density at radius 1 is 1.18 bits per heavy atom. The van der Waals surface area contributed by atoms with Gasteiger partial charge in [-0.25, -0.2) is 4.79 Å². The highest BCUT2D eigenvalue weighted by Gasteiger charge is 2.29. The molecule has 34 heavy (non-hydrogen) atoms. The zero-order valence-corrected chi connectivity index (χ0v) is 21.5. The molecule has 2 aromatic heterocycles. The zero-order valence-electron chi connectivity index (χ0n) is 20.5. The van der Waals surface area contributed by atoms with Crippen LogP contribution in [0.3, 0.4) is 0 Å². The summed E-state index contributed by atoms with van der Waals surface area (Å²) in [5.41, 5.74) is 2.77. The lowest BCUT2D eigenvalue weighted by molar-refractivity contribution is 0.0599. The molecule has 0 amide bonds. The molecule has 4 rings (SSSR count). The van der Waals surface area contributed by atoms with Gasteiger partial charge in [0.15, 0.2) is 0 Å². The van der Waals surface area contributed by atoms with E-state index in [4.69, 9.17) is 23.9 Å². The zero-order chi connectivity index (χ0) is 24.3. The summed E-state index contributed by atoms with van der Waals surface area (Å²) < 4.78 is 24.7. The van der Waals surface area contributed by atoms with Gasteiger partial charge in [0.05, 0.1) is 24.9 Å². The number of para-hydroxylation sites is 1. The number of aromatic nitrogens is 2. The van der Waals surface area contributed by atoms with Crippen molar-refractivity contribution in [2.75, 3.05) is 38.9 Å². The maximum Gasteiger partial charge on any atom is 0.339 e. The third kappa shape index (κ3) is 5.27. The van der Waals surface area contributed by atoms with Crippen LogP contribution in [-0.4, -0.2) is 63.7 Å². The highest BCUT2D eigenvalue weighted by molar-refractivity contribution is 6.76. The van der Waals surface area contributed by atoms with Gasteiger partial charge >= 0.3 is 5.97 Å². The van der Waals surface area contributed by atoms with Crippen molar-refractivity contribution in [2.24, 2.45) is 0 Å². The lowest BCUT2D eigenvalue weighted by Crippen LogP contribution is -2.32. The van der Waals surface area contributed by atoms with Crippen LogP contribution in [0.5, 0.6) is 5.88 Å². The van der Waals surface area contributed by atoms with Crippen molar-refractivity contribution in [2.45, 2.75) is 38.5 Å². The second-order valence-electron chi connectivity index (χ2n) is 9.65. The lowest BCUT2D eigenvalue weighted by atomic mass is 10.1. The Hall–Kier alpha value is -2.88. The van der Waals surface area contributed by atoms with Crippen molar-refractivity contribution in [1.29, 1.82) is 0 Å². The molecule has 1 unspecified atom stereocenters. The summed E-state index contributed by atoms with van der Waals surface area (Å²) in [5.74, 6) is 0.0979. The van der Waals surface area contributed by atoms with Crippen molar-refractivity contribution in [3.63, 3.8) is 0 Å². The Labute approximate surface area is 201 Å². The first-order valence-corrected chi connectivity index (χ1v) is 15.2. The third-order valence-corrected chi connectivity index (χ3v) is 7.63. The number of pyridine rings is 1. The second-order valence-corrected chi connectivity index (χ2v) is 15.3. The Bertz CT molecular complexity index is 1160. The number of methoxy groups -OCH3 is 2. The van der Waals surface area contributed by atoms with Gasteiger partial charge in [0.25, 0.3) is 0 Å². The van der Waals surface area contributed by atoms with E-state index in [1.807, 2.05) is 46.0 Å². The average Bonchev–Trinajstić information content (AvgIpc) is 3.12. The third-order valence-electron chi connectivity index (χ3n) is 5.93. The van der Waals surface area contributed by atoms with Crippen LogP contribution < -0.4 is 9.64 Å². The van der Waals surface area contributed by atoms with E-state index >= 15 is 0 Å². The maximum absolute atomic E-state index is 12.5. The number of fused-ring (bicyclic) bond motifs is 2. The summed E-state index contributed by atoms with van der Waals surface area (Å²) in [6.07, 6.45) is 1.78. The maximum atomic E-state index is 12.5. The summed E-state index contributed by atoms with van der Waals surface area (Å²) in [4.78, 5) is 19.4. The van der Waals surface area contributed by atoms with Crippen LogP contribution in [0, 0.1) is 0 Å². The fourth-order valence-corrected chi connectivity index (χ4v) is 4.68. The van der Waals surface area contributed by atoms with E-state index < -0.39 is 14.0 Å². The quantitative estimate of drug-likeness (QED) is 0.262. The number of nitrogens with zero attached hydrogens (tertiary/aromatic N) is 3. The fraction of sp³-hybridized carbons (Fsp3) is 0.440. The molecule has 1 aliphatic heterocycles. The van der Waals surface area contributed by atoms with Crippen LogP contribution >= 0.6 is 0 Å². The molecule has 0 spiro atoms. The first-order chi connectivity index (χ1) is 16.3. The molecule has 9 heteroatoms. The van der Waals surface area contributed by atoms with Gasteiger partial charge in [-0.2, -0.15) is 4.98 Å². The van der Waals surface area contributed by atoms with Crippen LogP contribution in [0.4, 0.5) is 11.4 Å². The molecule has 182 valence electrons. The Kier molecular flexibility index (Phi) is 7.25. The van der Waals surface area contributed by atoms with Crippen molar-refractivity contribution < 1.29 is 23.7 Å². The standard InChI is InChI=1S/C25H33N3O5Si/c1-30-19-15-28(21-9-7-6-8-20(21)25(29)31-2)22-14-18-10-11-27(17-32-12-13-34(3,4)5)23(18)26-24(22)33-16-19/h6-11,14,19H,12-13,15-17H2,1-5H3. The molecule has 1 atom stereocenters. The van der Waals surface area contributed by atoms with Crippen LogP contribution in [0.15, 0.2) is 42.6 Å². The molecule has 3 heterocycles. The smallest absolute Gasteiger partial charge is 0.339 e. The molecule has 8 nitrogen and oxygen atoms in total. The summed E-state index contributed by atoms with van der Waals surface area (Å²) in [5, 5.41) is 0.965. The SMILES string of the molecule is COC(=O)c1ccccc1N1CC(OC)COc2nc3c(ccn3COCC[Si](C)(C)C)cc21. The first-order valence-electron chi connectivity index (χ1n) is 11.5. The van der Waals surface area contributed by atoms with Crippen molar-refractivity contribution in [3.8, 4) is 5.88 Å². The van der Waals surface area contributed by atoms with E-state index in [9.17, 15) is 4.79 Å². The van der Waals surface area contributed by atoms with Crippen LogP contribution in [0.1, 0.15) is 10.4 Å². The Balaban J connectivity index is 1.70. The van der Waals surface area contributed by atoms with E-state index in [1.54, 1.807) is 13.2 Å². The van der Waals surface area contributed by atoms with E-state index in [2.05, 4.69) is 19.6 Å². The topological polar surface area (TPSA) is 75.0 Å². The number of hydrogen-bond acceptors (Lipinski definition) is 7. The van der Waals surface area contributed by atoms with Gasteiger partial charge in [-0.15, -0.1) is 0 Å². The largest absolute Gasteiger partial charge is 0.473 e. The Morgan fingerprint density at radius 2 is 1.97 bits per heavy atom. The van der Waals surface area contributed by atoms with Gasteiger partial charge in [-0.1, -0.05) is 31.8 Å². The predicted molar refractivity (Wildman–Crippen MR) is 135 cm³/mol. The summed E-state index contributed by atoms with van der Waals surface area (Å²) >= 11 is 0. The molecular weight excluding hydrogens is 450 g/mol. The minimum Gasteiger partial charge on any atom is -0.473 e. The molecule has 0 fully saturated rings. The molecule has 1 aliphatic rings. The number of anilines is 2. The van der Waals surface area contributed by atoms with Gasteiger partial charge in [0, 0.05) is 33.4 Å². The molecule has 0 saturated carbocycles. The van der Waals surface area contributed by atoms with E-state index in [0.29, 0.717) is 31.3 Å². The van der Waals surface area contributed by atoms with Gasteiger partial charge in [0.1, 0.15) is 30.8 Å². The second kappa shape index (κ2) is 10.2. The van der Waals surface area contributed by atoms with Crippen LogP contribution in [0.2, 0.25) is 25.7 Å². The van der Waals surface area contributed by atoms with Crippen LogP contribution in [-0.2, 0) is 20.9 Å². The molecular formula is C25H33N3O5Si. The van der Waals surface area contributed by atoms with Gasteiger partial charge < -0.3 is 28.4 Å². The first kappa shape index (κ1) is 24.2. The van der Waals surface area contributed by atoms with Crippen molar-refractivity contribution >= 4 is 36.5 Å². The number of carbonyl (C=O) groups is 1. The number of benzene rings is 1. The predicted octanol–water partition coefficient (Wildman–Crippen LogP) is 4.68. The highest BCUT2D eigenvalue weighted by Crippen LogP contribution is 2.39. The van der Waals surface area contributed by atoms with Gasteiger partial charge in [-0.05, 0) is 30.3 Å². The summed E-state index contributed by atoms with van der Waals surface area (Å²) in [7, 11) is 1.90. The van der Waals surface area contributed by atoms with E-state index in [0.717, 1.165) is 35.1 Å². The number of carbonyl (C=O) groups excluding carboxylic acids is 1. The molecule has 0 radical (unpaired) electrons. The molecule has 0 bridgehead atoms. The number of hydrogen-bond donors (Lipinski definition) is 0. The Morgan fingerprint density at radius 3 is 2.71 bits per heavy atom. The minimum atomic E-state index is -1.14. The van der Waals surface area contributed by atoms with Gasteiger partial charge in [0.2, 0.25) is 5.88 Å².